The van der Waals surface area contributed by atoms with Gasteiger partial charge in [0.1, 0.15) is 0 Å². The lowest BCUT2D eigenvalue weighted by Crippen LogP contribution is -2.49. The van der Waals surface area contributed by atoms with E-state index < -0.39 is 0 Å². The van der Waals surface area contributed by atoms with Crippen LogP contribution in [-0.2, 0) is 4.74 Å². The van der Waals surface area contributed by atoms with Gasteiger partial charge in [0.15, 0.2) is 0 Å². The predicted molar refractivity (Wildman–Crippen MR) is 73.9 cm³/mol. The lowest BCUT2D eigenvalue weighted by molar-refractivity contribution is -0.0712. The molecule has 2 fully saturated rings. The summed E-state index contributed by atoms with van der Waals surface area (Å²) < 4.78 is 7.88. The van der Waals surface area contributed by atoms with Crippen molar-refractivity contribution in [1.82, 2.24) is 14.7 Å². The zero-order chi connectivity index (χ0) is 13.4. The summed E-state index contributed by atoms with van der Waals surface area (Å²) in [5.74, 6) is 0. The molecule has 5 heteroatoms. The molecule has 3 rings (SSSR count). The summed E-state index contributed by atoms with van der Waals surface area (Å²) >= 11 is 0. The molecule has 0 radical (unpaired) electrons. The highest BCUT2D eigenvalue weighted by Crippen LogP contribution is 2.38. The zero-order valence-corrected chi connectivity index (χ0v) is 11.8. The van der Waals surface area contributed by atoms with Crippen LogP contribution in [0.25, 0.3) is 0 Å². The number of nitrogens with two attached hydrogens (primary N) is 1. The number of morpholine rings is 1. The van der Waals surface area contributed by atoms with Crippen molar-refractivity contribution in [1.29, 1.82) is 0 Å². The van der Waals surface area contributed by atoms with E-state index in [4.69, 9.17) is 10.5 Å². The highest BCUT2D eigenvalue weighted by atomic mass is 16.5. The third kappa shape index (κ3) is 2.55. The van der Waals surface area contributed by atoms with Gasteiger partial charge in [-0.3, -0.25) is 9.58 Å². The van der Waals surface area contributed by atoms with Gasteiger partial charge in [0.2, 0.25) is 0 Å². The number of rotatable bonds is 4. The third-order valence-electron chi connectivity index (χ3n) is 4.13. The summed E-state index contributed by atoms with van der Waals surface area (Å²) in [7, 11) is 0. The molecule has 0 bridgehead atoms. The Morgan fingerprint density at radius 2 is 2.26 bits per heavy atom. The van der Waals surface area contributed by atoms with Crippen LogP contribution in [0, 0.1) is 0 Å². The van der Waals surface area contributed by atoms with Crippen molar-refractivity contribution in [3.05, 3.63) is 18.0 Å². The van der Waals surface area contributed by atoms with Crippen molar-refractivity contribution < 1.29 is 4.74 Å². The van der Waals surface area contributed by atoms with Gasteiger partial charge in [-0.1, -0.05) is 0 Å². The number of hydrogen-bond acceptors (Lipinski definition) is 4. The maximum atomic E-state index is 5.90. The maximum Gasteiger partial charge on any atom is 0.0895 e. The number of nitrogens with zero attached hydrogens (tertiary/aromatic N) is 3. The fraction of sp³-hybridized carbons (Fsp3) is 0.786. The second-order valence-corrected chi connectivity index (χ2v) is 5.91. The summed E-state index contributed by atoms with van der Waals surface area (Å²) in [6.07, 6.45) is 6.86. The molecule has 0 aromatic carbocycles. The van der Waals surface area contributed by atoms with Gasteiger partial charge in [0.05, 0.1) is 24.9 Å². The summed E-state index contributed by atoms with van der Waals surface area (Å²) in [5, 5.41) is 4.47. The van der Waals surface area contributed by atoms with Crippen molar-refractivity contribution in [3.8, 4) is 0 Å². The lowest BCUT2D eigenvalue weighted by atomic mass is 10.0. The second kappa shape index (κ2) is 5.23. The quantitative estimate of drug-likeness (QED) is 0.891. The molecule has 1 saturated carbocycles. The lowest BCUT2D eigenvalue weighted by Gasteiger charge is -2.40. The first-order valence-electron chi connectivity index (χ1n) is 7.32. The summed E-state index contributed by atoms with van der Waals surface area (Å²) in [5.41, 5.74) is 7.15. The zero-order valence-electron chi connectivity index (χ0n) is 11.8. The van der Waals surface area contributed by atoms with Crippen molar-refractivity contribution in [3.63, 3.8) is 0 Å². The smallest absolute Gasteiger partial charge is 0.0895 e. The molecule has 19 heavy (non-hydrogen) atoms. The summed E-state index contributed by atoms with van der Waals surface area (Å²) in [6, 6.07) is 1.40. The normalized spacial score (nSPS) is 29.1. The Kier molecular flexibility index (Phi) is 3.60. The van der Waals surface area contributed by atoms with Crippen LogP contribution in [0.4, 0.5) is 0 Å². The first-order valence-corrected chi connectivity index (χ1v) is 7.32. The highest BCUT2D eigenvalue weighted by molar-refractivity contribution is 5.16. The van der Waals surface area contributed by atoms with E-state index in [1.807, 2.05) is 10.9 Å². The van der Waals surface area contributed by atoms with E-state index in [1.54, 1.807) is 0 Å². The average molecular weight is 264 g/mol. The maximum absolute atomic E-state index is 5.90. The van der Waals surface area contributed by atoms with Crippen LogP contribution in [0.3, 0.4) is 0 Å². The Balaban J connectivity index is 1.86. The van der Waals surface area contributed by atoms with Crippen molar-refractivity contribution in [2.75, 3.05) is 19.7 Å². The fourth-order valence-electron chi connectivity index (χ4n) is 2.96. The molecule has 1 saturated heterocycles. The van der Waals surface area contributed by atoms with Crippen molar-refractivity contribution >= 4 is 0 Å². The molecular formula is C14H24N4O. The first kappa shape index (κ1) is 13.1. The Morgan fingerprint density at radius 1 is 1.47 bits per heavy atom. The Hall–Kier alpha value is -0.910. The molecule has 1 aliphatic carbocycles. The van der Waals surface area contributed by atoms with Gasteiger partial charge in [-0.2, -0.15) is 5.10 Å². The minimum atomic E-state index is 0.0964. The van der Waals surface area contributed by atoms with E-state index in [0.717, 1.165) is 19.2 Å². The molecular weight excluding hydrogens is 240 g/mol. The van der Waals surface area contributed by atoms with Gasteiger partial charge >= 0.3 is 0 Å². The molecule has 1 aliphatic heterocycles. The van der Waals surface area contributed by atoms with Crippen LogP contribution in [0.15, 0.2) is 12.4 Å². The molecule has 2 aliphatic rings. The Bertz CT molecular complexity index is 427. The van der Waals surface area contributed by atoms with Crippen LogP contribution in [0.1, 0.15) is 44.3 Å². The number of aromatic nitrogens is 2. The fourth-order valence-corrected chi connectivity index (χ4v) is 2.96. The van der Waals surface area contributed by atoms with E-state index >= 15 is 0 Å². The summed E-state index contributed by atoms with van der Waals surface area (Å²) in [6.45, 7) is 6.67. The molecule has 1 aromatic heterocycles. The van der Waals surface area contributed by atoms with E-state index in [9.17, 15) is 0 Å². The van der Waals surface area contributed by atoms with E-state index in [2.05, 4.69) is 30.0 Å². The minimum Gasteiger partial charge on any atom is -0.374 e. The van der Waals surface area contributed by atoms with E-state index in [0.29, 0.717) is 12.6 Å². The van der Waals surface area contributed by atoms with Crippen LogP contribution in [0.5, 0.6) is 0 Å². The molecule has 0 amide bonds. The largest absolute Gasteiger partial charge is 0.374 e. The molecule has 106 valence electrons. The van der Waals surface area contributed by atoms with Crippen molar-refractivity contribution in [2.24, 2.45) is 5.73 Å². The molecule has 5 nitrogen and oxygen atoms in total. The molecule has 2 N–H and O–H groups in total. The monoisotopic (exact) mass is 264 g/mol. The molecule has 2 heterocycles. The number of hydrogen-bond donors (Lipinski definition) is 1. The standard InChI is InChI=1S/C14H24N4O/c1-10(2)18-9-11(8-16-18)14-13(7-15)19-6-5-17(14)12-3-4-12/h8-10,12-14H,3-7,15H2,1-2H3. The van der Waals surface area contributed by atoms with Crippen molar-refractivity contribution in [2.45, 2.75) is 50.9 Å². The van der Waals surface area contributed by atoms with Gasteiger partial charge in [-0.05, 0) is 26.7 Å². The van der Waals surface area contributed by atoms with Gasteiger partial charge in [0.25, 0.3) is 0 Å². The minimum absolute atomic E-state index is 0.0964. The van der Waals surface area contributed by atoms with Crippen LogP contribution >= 0.6 is 0 Å². The van der Waals surface area contributed by atoms with Gasteiger partial charge in [-0.25, -0.2) is 0 Å². The first-order chi connectivity index (χ1) is 9.20. The van der Waals surface area contributed by atoms with Crippen LogP contribution in [-0.4, -0.2) is 46.5 Å². The molecule has 2 atom stereocenters. The third-order valence-corrected chi connectivity index (χ3v) is 4.13. The Morgan fingerprint density at radius 3 is 2.84 bits per heavy atom. The van der Waals surface area contributed by atoms with E-state index in [1.165, 1.54) is 18.4 Å². The van der Waals surface area contributed by atoms with Gasteiger partial charge in [0, 0.05) is 36.9 Å². The molecule has 2 unspecified atom stereocenters. The average Bonchev–Trinajstić information content (AvgIpc) is 3.14. The van der Waals surface area contributed by atoms with Gasteiger partial charge in [-0.15, -0.1) is 0 Å². The Labute approximate surface area is 114 Å². The highest BCUT2D eigenvalue weighted by Gasteiger charge is 2.41. The second-order valence-electron chi connectivity index (χ2n) is 5.91. The van der Waals surface area contributed by atoms with Gasteiger partial charge < -0.3 is 10.5 Å². The summed E-state index contributed by atoms with van der Waals surface area (Å²) in [4.78, 5) is 2.57. The number of ether oxygens (including phenoxy) is 1. The van der Waals surface area contributed by atoms with Crippen LogP contribution in [0.2, 0.25) is 0 Å². The molecule has 0 spiro atoms. The SMILES string of the molecule is CC(C)n1cc(C2C(CN)OCCN2C2CC2)cn1. The van der Waals surface area contributed by atoms with E-state index in [-0.39, 0.29) is 12.1 Å². The predicted octanol–water partition coefficient (Wildman–Crippen LogP) is 1.33. The van der Waals surface area contributed by atoms with Crippen LogP contribution < -0.4 is 5.73 Å². The topological polar surface area (TPSA) is 56.3 Å². The molecule has 1 aromatic rings.